The molecule has 0 unspecified atom stereocenters. The quantitative estimate of drug-likeness (QED) is 0.699. The van der Waals surface area contributed by atoms with Crippen LogP contribution in [0.15, 0.2) is 0 Å². The molecule has 1 aromatic heterocycles. The molecule has 0 saturated carbocycles. The lowest BCUT2D eigenvalue weighted by molar-refractivity contribution is 0.597. The summed E-state index contributed by atoms with van der Waals surface area (Å²) in [4.78, 5) is 0. The summed E-state index contributed by atoms with van der Waals surface area (Å²) >= 11 is 1.27. The number of nitrogens with zero attached hydrogens (tertiary/aromatic N) is 2. The third-order valence-corrected chi connectivity index (χ3v) is 4.29. The van der Waals surface area contributed by atoms with Crippen molar-refractivity contribution < 1.29 is 8.42 Å². The Bertz CT molecular complexity index is 415. The number of anilines is 1. The van der Waals surface area contributed by atoms with Crippen molar-refractivity contribution in [2.24, 2.45) is 0 Å². The molecule has 0 aliphatic carbocycles. The number of hydrogen-bond acceptors (Lipinski definition) is 6. The normalized spacial score (nSPS) is 11.6. The molecule has 92 valence electrons. The van der Waals surface area contributed by atoms with E-state index >= 15 is 0 Å². The third-order valence-electron chi connectivity index (χ3n) is 1.85. The van der Waals surface area contributed by atoms with E-state index in [0.29, 0.717) is 18.1 Å². The number of aryl methyl sites for hydroxylation is 1. The van der Waals surface area contributed by atoms with Gasteiger partial charge < -0.3 is 5.32 Å². The van der Waals surface area contributed by atoms with Crippen LogP contribution in [-0.2, 0) is 16.4 Å². The van der Waals surface area contributed by atoms with Crippen molar-refractivity contribution >= 4 is 26.5 Å². The highest BCUT2D eigenvalue weighted by molar-refractivity contribution is 7.92. The number of hydrogen-bond donors (Lipinski definition) is 2. The van der Waals surface area contributed by atoms with Crippen molar-refractivity contribution in [1.82, 2.24) is 15.5 Å². The predicted molar refractivity (Wildman–Crippen MR) is 65.2 cm³/mol. The summed E-state index contributed by atoms with van der Waals surface area (Å²) in [7, 11) is -1.49. The summed E-state index contributed by atoms with van der Waals surface area (Å²) < 4.78 is 25.6. The second kappa shape index (κ2) is 6.12. The molecule has 1 heterocycles. The first-order valence-corrected chi connectivity index (χ1v) is 7.51. The largest absolute Gasteiger partial charge is 0.320 e. The molecule has 0 radical (unpaired) electrons. The van der Waals surface area contributed by atoms with Gasteiger partial charge in [0, 0.05) is 0 Å². The van der Waals surface area contributed by atoms with E-state index in [-0.39, 0.29) is 5.75 Å². The maximum absolute atomic E-state index is 11.6. The van der Waals surface area contributed by atoms with Crippen LogP contribution in [0.25, 0.3) is 0 Å². The highest BCUT2D eigenvalue weighted by Gasteiger charge is 2.12. The van der Waals surface area contributed by atoms with Crippen molar-refractivity contribution in [3.63, 3.8) is 0 Å². The molecule has 2 N–H and O–H groups in total. The lowest BCUT2D eigenvalue weighted by atomic mass is 10.5. The smallest absolute Gasteiger partial charge is 0.234 e. The molecule has 0 spiro atoms. The zero-order valence-corrected chi connectivity index (χ0v) is 11.0. The van der Waals surface area contributed by atoms with Gasteiger partial charge in [-0.25, -0.2) is 8.42 Å². The molecule has 0 atom stereocenters. The van der Waals surface area contributed by atoms with Gasteiger partial charge in [0.25, 0.3) is 0 Å². The van der Waals surface area contributed by atoms with E-state index in [1.54, 1.807) is 7.05 Å². The fourth-order valence-electron chi connectivity index (χ4n) is 1.06. The molecule has 0 aliphatic rings. The average Bonchev–Trinajstić information content (AvgIpc) is 2.65. The van der Waals surface area contributed by atoms with Crippen LogP contribution in [0.2, 0.25) is 0 Å². The first-order chi connectivity index (χ1) is 7.57. The third kappa shape index (κ3) is 4.42. The summed E-state index contributed by atoms with van der Waals surface area (Å²) in [5.41, 5.74) is 0. The van der Waals surface area contributed by atoms with Gasteiger partial charge in [-0.05, 0) is 26.4 Å². The Labute approximate surface area is 99.5 Å². The minimum atomic E-state index is -3.28. The number of aromatic nitrogens is 2. The standard InChI is InChI=1S/C8H16N4O2S2/c1-3-7-10-11-8(15-7)12-16(13,14)6-4-5-9-2/h9H,3-6H2,1-2H3,(H,11,12). The molecule has 8 heteroatoms. The molecule has 6 nitrogen and oxygen atoms in total. The van der Waals surface area contributed by atoms with Crippen molar-refractivity contribution in [2.45, 2.75) is 19.8 Å². The molecule has 16 heavy (non-hydrogen) atoms. The van der Waals surface area contributed by atoms with Crippen molar-refractivity contribution in [1.29, 1.82) is 0 Å². The van der Waals surface area contributed by atoms with Crippen LogP contribution in [0.4, 0.5) is 5.13 Å². The Balaban J connectivity index is 2.51. The molecule has 1 rings (SSSR count). The number of sulfonamides is 1. The van der Waals surface area contributed by atoms with E-state index in [0.717, 1.165) is 11.4 Å². The van der Waals surface area contributed by atoms with Gasteiger partial charge in [-0.1, -0.05) is 18.3 Å². The van der Waals surface area contributed by atoms with E-state index in [2.05, 4.69) is 20.2 Å². The average molecular weight is 264 g/mol. The molecular formula is C8H16N4O2S2. The Kier molecular flexibility index (Phi) is 5.10. The Morgan fingerprint density at radius 2 is 2.12 bits per heavy atom. The van der Waals surface area contributed by atoms with Gasteiger partial charge in [0.15, 0.2) is 0 Å². The monoisotopic (exact) mass is 264 g/mol. The Hall–Kier alpha value is -0.730. The molecule has 1 aromatic rings. The van der Waals surface area contributed by atoms with Gasteiger partial charge in [-0.3, -0.25) is 4.72 Å². The molecule has 0 aromatic carbocycles. The van der Waals surface area contributed by atoms with E-state index in [9.17, 15) is 8.42 Å². The van der Waals surface area contributed by atoms with Gasteiger partial charge in [0.1, 0.15) is 5.01 Å². The highest BCUT2D eigenvalue weighted by atomic mass is 32.2. The molecular weight excluding hydrogens is 248 g/mol. The molecule has 0 amide bonds. The topological polar surface area (TPSA) is 84.0 Å². The zero-order valence-electron chi connectivity index (χ0n) is 9.36. The molecule has 0 aliphatic heterocycles. The summed E-state index contributed by atoms with van der Waals surface area (Å²) in [5.74, 6) is 0.0921. The lowest BCUT2D eigenvalue weighted by Crippen LogP contribution is -2.20. The van der Waals surface area contributed by atoms with E-state index in [4.69, 9.17) is 0 Å². The molecule has 0 bridgehead atoms. The van der Waals surface area contributed by atoms with Crippen LogP contribution < -0.4 is 10.0 Å². The Morgan fingerprint density at radius 3 is 2.69 bits per heavy atom. The SMILES string of the molecule is CCc1nnc(NS(=O)(=O)CCCNC)s1. The maximum Gasteiger partial charge on any atom is 0.234 e. The van der Waals surface area contributed by atoms with Crippen LogP contribution in [-0.4, -0.2) is 38.0 Å². The summed E-state index contributed by atoms with van der Waals surface area (Å²) in [6, 6.07) is 0. The van der Waals surface area contributed by atoms with Crippen LogP contribution in [0.1, 0.15) is 18.4 Å². The maximum atomic E-state index is 11.6. The van der Waals surface area contributed by atoms with Crippen molar-refractivity contribution in [3.8, 4) is 0 Å². The summed E-state index contributed by atoms with van der Waals surface area (Å²) in [6.45, 7) is 2.63. The fraction of sp³-hybridized carbons (Fsp3) is 0.750. The molecule has 0 saturated heterocycles. The van der Waals surface area contributed by atoms with E-state index in [1.165, 1.54) is 11.3 Å². The van der Waals surface area contributed by atoms with E-state index in [1.807, 2.05) is 6.92 Å². The minimum absolute atomic E-state index is 0.0921. The van der Waals surface area contributed by atoms with Gasteiger partial charge >= 0.3 is 0 Å². The zero-order chi connectivity index (χ0) is 12.0. The van der Waals surface area contributed by atoms with Crippen molar-refractivity contribution in [3.05, 3.63) is 5.01 Å². The Morgan fingerprint density at radius 1 is 1.38 bits per heavy atom. The first kappa shape index (κ1) is 13.3. The van der Waals surface area contributed by atoms with Gasteiger partial charge in [-0.2, -0.15) is 0 Å². The van der Waals surface area contributed by atoms with Gasteiger partial charge in [0.05, 0.1) is 5.75 Å². The number of rotatable bonds is 7. The van der Waals surface area contributed by atoms with Crippen LogP contribution in [0.5, 0.6) is 0 Å². The second-order valence-corrected chi connectivity index (χ2v) is 6.14. The minimum Gasteiger partial charge on any atom is -0.320 e. The lowest BCUT2D eigenvalue weighted by Gasteiger charge is -2.03. The number of nitrogens with one attached hydrogen (secondary N) is 2. The summed E-state index contributed by atoms with van der Waals surface area (Å²) in [5, 5.41) is 11.7. The summed E-state index contributed by atoms with van der Waals surface area (Å²) in [6.07, 6.45) is 1.34. The van der Waals surface area contributed by atoms with E-state index < -0.39 is 10.0 Å². The van der Waals surface area contributed by atoms with Gasteiger partial charge in [0.2, 0.25) is 15.2 Å². The predicted octanol–water partition coefficient (Wildman–Crippen LogP) is 0.452. The van der Waals surface area contributed by atoms with Crippen molar-refractivity contribution in [2.75, 3.05) is 24.1 Å². The first-order valence-electron chi connectivity index (χ1n) is 5.05. The van der Waals surface area contributed by atoms with Crippen LogP contribution >= 0.6 is 11.3 Å². The van der Waals surface area contributed by atoms with Crippen LogP contribution in [0.3, 0.4) is 0 Å². The van der Waals surface area contributed by atoms with Crippen LogP contribution in [0, 0.1) is 0 Å². The molecule has 0 fully saturated rings. The fourth-order valence-corrected chi connectivity index (χ4v) is 3.07. The highest BCUT2D eigenvalue weighted by Crippen LogP contribution is 2.16. The second-order valence-electron chi connectivity index (χ2n) is 3.23. The van der Waals surface area contributed by atoms with Gasteiger partial charge in [-0.15, -0.1) is 10.2 Å².